The van der Waals surface area contributed by atoms with Crippen LogP contribution in [0.15, 0.2) is 12.4 Å². The second-order valence-electron chi connectivity index (χ2n) is 6.46. The van der Waals surface area contributed by atoms with Crippen molar-refractivity contribution in [2.45, 2.75) is 65.3 Å². The molecule has 0 saturated carbocycles. The van der Waals surface area contributed by atoms with E-state index in [4.69, 9.17) is 5.73 Å². The molecule has 2 rings (SSSR count). The van der Waals surface area contributed by atoms with Gasteiger partial charge in [0.05, 0.1) is 0 Å². The molecule has 21 heavy (non-hydrogen) atoms. The van der Waals surface area contributed by atoms with Crippen molar-refractivity contribution in [2.24, 2.45) is 11.1 Å². The Hall–Kier alpha value is -1.16. The number of nitrogens with two attached hydrogens (primary N) is 1. The summed E-state index contributed by atoms with van der Waals surface area (Å²) in [7, 11) is 0. The van der Waals surface area contributed by atoms with E-state index in [-0.39, 0.29) is 6.04 Å². The van der Waals surface area contributed by atoms with Gasteiger partial charge in [0.15, 0.2) is 0 Å². The Bertz CT molecular complexity index is 415. The number of hydrogen-bond acceptors (Lipinski definition) is 4. The molecule has 0 bridgehead atoms. The lowest BCUT2D eigenvalue weighted by molar-refractivity contribution is 0.198. The van der Waals surface area contributed by atoms with Crippen molar-refractivity contribution in [3.63, 3.8) is 0 Å². The Balaban J connectivity index is 1.95. The van der Waals surface area contributed by atoms with Crippen LogP contribution in [-0.4, -0.2) is 29.1 Å². The van der Waals surface area contributed by atoms with Gasteiger partial charge in [-0.05, 0) is 36.7 Å². The predicted molar refractivity (Wildman–Crippen MR) is 88.5 cm³/mol. The Morgan fingerprint density at radius 2 is 1.71 bits per heavy atom. The molecule has 1 aliphatic heterocycles. The van der Waals surface area contributed by atoms with E-state index in [1.165, 1.54) is 25.7 Å². The highest BCUT2D eigenvalue weighted by molar-refractivity contribution is 5.31. The van der Waals surface area contributed by atoms with Gasteiger partial charge >= 0.3 is 0 Å². The van der Waals surface area contributed by atoms with E-state index >= 15 is 0 Å². The van der Waals surface area contributed by atoms with Crippen molar-refractivity contribution in [1.29, 1.82) is 0 Å². The zero-order valence-electron chi connectivity index (χ0n) is 13.8. The number of rotatable bonds is 6. The van der Waals surface area contributed by atoms with E-state index in [0.717, 1.165) is 37.4 Å². The van der Waals surface area contributed by atoms with E-state index in [2.05, 4.69) is 35.6 Å². The number of piperidine rings is 1. The minimum Gasteiger partial charge on any atom is -0.341 e. The van der Waals surface area contributed by atoms with Crippen LogP contribution in [0.5, 0.6) is 0 Å². The molecule has 0 spiro atoms. The number of anilines is 1. The second kappa shape index (κ2) is 7.21. The maximum atomic E-state index is 5.98. The van der Waals surface area contributed by atoms with Crippen LogP contribution in [0.1, 0.15) is 58.4 Å². The van der Waals surface area contributed by atoms with E-state index in [9.17, 15) is 0 Å². The van der Waals surface area contributed by atoms with E-state index in [0.29, 0.717) is 5.41 Å². The lowest BCUT2D eigenvalue weighted by Crippen LogP contribution is -2.40. The Morgan fingerprint density at radius 1 is 1.14 bits per heavy atom. The minimum absolute atomic E-state index is 0.212. The monoisotopic (exact) mass is 290 g/mol. The highest BCUT2D eigenvalue weighted by Crippen LogP contribution is 2.38. The third kappa shape index (κ3) is 3.94. The first-order chi connectivity index (χ1) is 10.1. The number of nitrogens with zero attached hydrogens (tertiary/aromatic N) is 3. The molecule has 4 nitrogen and oxygen atoms in total. The molecular weight excluding hydrogens is 260 g/mol. The van der Waals surface area contributed by atoms with Crippen LogP contribution in [0.2, 0.25) is 0 Å². The summed E-state index contributed by atoms with van der Waals surface area (Å²) in [4.78, 5) is 11.4. The van der Waals surface area contributed by atoms with Crippen molar-refractivity contribution in [1.82, 2.24) is 9.97 Å². The third-order valence-electron chi connectivity index (χ3n) is 5.32. The molecule has 0 aromatic carbocycles. The molecular formula is C17H30N4. The minimum atomic E-state index is 0.212. The van der Waals surface area contributed by atoms with Crippen molar-refractivity contribution in [3.05, 3.63) is 18.0 Å². The first kappa shape index (κ1) is 16.2. The predicted octanol–water partition coefficient (Wildman–Crippen LogP) is 3.16. The molecule has 1 fully saturated rings. The van der Waals surface area contributed by atoms with Crippen LogP contribution in [-0.2, 0) is 6.42 Å². The average Bonchev–Trinajstić information content (AvgIpc) is 2.55. The highest BCUT2D eigenvalue weighted by atomic mass is 15.2. The van der Waals surface area contributed by atoms with Crippen LogP contribution in [0.25, 0.3) is 0 Å². The number of aromatic nitrogens is 2. The topological polar surface area (TPSA) is 55.0 Å². The molecule has 118 valence electrons. The zero-order chi connectivity index (χ0) is 15.3. The quantitative estimate of drug-likeness (QED) is 0.874. The summed E-state index contributed by atoms with van der Waals surface area (Å²) >= 11 is 0. The van der Waals surface area contributed by atoms with Gasteiger partial charge in [-0.2, -0.15) is 0 Å². The summed E-state index contributed by atoms with van der Waals surface area (Å²) < 4.78 is 0. The molecule has 1 saturated heterocycles. The summed E-state index contributed by atoms with van der Waals surface area (Å²) in [5.74, 6) is 0.879. The standard InChI is InChI=1S/C17H30N4/c1-4-15(18)11-14-12-19-16(20-13-14)21-9-7-17(5-2,6-3)8-10-21/h12-13,15H,4-11,18H2,1-3H3. The van der Waals surface area contributed by atoms with Crippen LogP contribution < -0.4 is 10.6 Å². The molecule has 2 N–H and O–H groups in total. The maximum absolute atomic E-state index is 5.98. The fourth-order valence-corrected chi connectivity index (χ4v) is 3.20. The van der Waals surface area contributed by atoms with Gasteiger partial charge in [-0.3, -0.25) is 0 Å². The molecule has 4 heteroatoms. The molecule has 1 aliphatic rings. The SMILES string of the molecule is CCC(N)Cc1cnc(N2CCC(CC)(CC)CC2)nc1. The fourth-order valence-electron chi connectivity index (χ4n) is 3.20. The largest absolute Gasteiger partial charge is 0.341 e. The Labute approximate surface area is 129 Å². The number of hydrogen-bond donors (Lipinski definition) is 1. The summed E-state index contributed by atoms with van der Waals surface area (Å²) in [5, 5.41) is 0. The van der Waals surface area contributed by atoms with Crippen LogP contribution in [0.4, 0.5) is 5.95 Å². The van der Waals surface area contributed by atoms with Crippen LogP contribution >= 0.6 is 0 Å². The first-order valence-corrected chi connectivity index (χ1v) is 8.44. The molecule has 1 unspecified atom stereocenters. The highest BCUT2D eigenvalue weighted by Gasteiger charge is 2.31. The normalized spacial score (nSPS) is 19.5. The second-order valence-corrected chi connectivity index (χ2v) is 6.46. The van der Waals surface area contributed by atoms with Crippen LogP contribution in [0, 0.1) is 5.41 Å². The average molecular weight is 290 g/mol. The Morgan fingerprint density at radius 3 is 2.19 bits per heavy atom. The molecule has 0 amide bonds. The summed E-state index contributed by atoms with van der Waals surface area (Å²) in [6.07, 6.45) is 10.8. The lowest BCUT2D eigenvalue weighted by Gasteiger charge is -2.41. The lowest BCUT2D eigenvalue weighted by atomic mass is 9.74. The van der Waals surface area contributed by atoms with E-state index in [1.54, 1.807) is 0 Å². The molecule has 1 atom stereocenters. The Kier molecular flexibility index (Phi) is 5.57. The molecule has 1 aromatic heterocycles. The van der Waals surface area contributed by atoms with Gasteiger partial charge in [0.1, 0.15) is 0 Å². The molecule has 1 aromatic rings. The van der Waals surface area contributed by atoms with E-state index in [1.807, 2.05) is 12.4 Å². The van der Waals surface area contributed by atoms with Crippen molar-refractivity contribution in [2.75, 3.05) is 18.0 Å². The third-order valence-corrected chi connectivity index (χ3v) is 5.32. The van der Waals surface area contributed by atoms with Gasteiger partial charge in [-0.15, -0.1) is 0 Å². The van der Waals surface area contributed by atoms with E-state index < -0.39 is 0 Å². The maximum Gasteiger partial charge on any atom is 0.225 e. The van der Waals surface area contributed by atoms with Crippen molar-refractivity contribution < 1.29 is 0 Å². The van der Waals surface area contributed by atoms with Gasteiger partial charge in [-0.25, -0.2) is 9.97 Å². The van der Waals surface area contributed by atoms with Gasteiger partial charge < -0.3 is 10.6 Å². The van der Waals surface area contributed by atoms with Crippen molar-refractivity contribution >= 4 is 5.95 Å². The summed E-state index contributed by atoms with van der Waals surface area (Å²) in [6, 6.07) is 0.212. The van der Waals surface area contributed by atoms with Gasteiger partial charge in [0.2, 0.25) is 5.95 Å². The van der Waals surface area contributed by atoms with Crippen molar-refractivity contribution in [3.8, 4) is 0 Å². The van der Waals surface area contributed by atoms with Gasteiger partial charge in [0, 0.05) is 31.5 Å². The molecule has 2 heterocycles. The van der Waals surface area contributed by atoms with Gasteiger partial charge in [0.25, 0.3) is 0 Å². The summed E-state index contributed by atoms with van der Waals surface area (Å²) in [6.45, 7) is 8.91. The smallest absolute Gasteiger partial charge is 0.225 e. The zero-order valence-corrected chi connectivity index (χ0v) is 13.8. The summed E-state index contributed by atoms with van der Waals surface area (Å²) in [5.41, 5.74) is 7.67. The van der Waals surface area contributed by atoms with Gasteiger partial charge in [-0.1, -0.05) is 33.6 Å². The van der Waals surface area contributed by atoms with Crippen LogP contribution in [0.3, 0.4) is 0 Å². The fraction of sp³-hybridized carbons (Fsp3) is 0.765. The molecule has 0 radical (unpaired) electrons. The molecule has 0 aliphatic carbocycles. The first-order valence-electron chi connectivity index (χ1n) is 8.44.